The van der Waals surface area contributed by atoms with Gasteiger partial charge < -0.3 is 4.90 Å². The van der Waals surface area contributed by atoms with E-state index in [0.717, 1.165) is 43.7 Å². The fourth-order valence-electron chi connectivity index (χ4n) is 2.19. The molecule has 0 bridgehead atoms. The number of nitrogens with zero attached hydrogens (tertiary/aromatic N) is 2. The van der Waals surface area contributed by atoms with Crippen molar-refractivity contribution in [2.45, 2.75) is 29.9 Å². The molecule has 1 amide bonds. The maximum atomic E-state index is 12.0. The first kappa shape index (κ1) is 15.9. The van der Waals surface area contributed by atoms with E-state index in [0.29, 0.717) is 4.88 Å². The third-order valence-electron chi connectivity index (χ3n) is 3.30. The van der Waals surface area contributed by atoms with Crippen molar-refractivity contribution in [2.75, 3.05) is 19.6 Å². The zero-order valence-corrected chi connectivity index (χ0v) is 13.2. The number of nitriles is 1. The average molecular weight is 327 g/mol. The predicted molar refractivity (Wildman–Crippen MR) is 79.3 cm³/mol. The Morgan fingerprint density at radius 3 is 2.67 bits per heavy atom. The molecule has 0 aliphatic carbocycles. The van der Waals surface area contributed by atoms with Gasteiger partial charge in [0, 0.05) is 26.1 Å². The minimum absolute atomic E-state index is 0.0127. The van der Waals surface area contributed by atoms with E-state index in [-0.39, 0.29) is 23.1 Å². The van der Waals surface area contributed by atoms with E-state index in [9.17, 15) is 13.2 Å². The molecule has 1 N–H and O–H groups in total. The SMILES string of the molecule is N#Cc1ccc(S(=O)(=O)NCCC(=O)N2CCCCC2)s1. The average Bonchev–Trinajstić information content (AvgIpc) is 2.98. The zero-order chi connectivity index (χ0) is 15.3. The minimum atomic E-state index is -3.63. The summed E-state index contributed by atoms with van der Waals surface area (Å²) >= 11 is 0.920. The lowest BCUT2D eigenvalue weighted by atomic mass is 10.1. The second-order valence-electron chi connectivity index (χ2n) is 4.82. The van der Waals surface area contributed by atoms with Crippen LogP contribution in [0.25, 0.3) is 0 Å². The van der Waals surface area contributed by atoms with Gasteiger partial charge in [-0.1, -0.05) is 0 Å². The number of amides is 1. The fraction of sp³-hybridized carbons (Fsp3) is 0.538. The summed E-state index contributed by atoms with van der Waals surface area (Å²) in [6.45, 7) is 1.61. The lowest BCUT2D eigenvalue weighted by Gasteiger charge is -2.26. The van der Waals surface area contributed by atoms with Crippen LogP contribution in [0.5, 0.6) is 0 Å². The molecule has 1 saturated heterocycles. The number of rotatable bonds is 5. The molecule has 0 unspecified atom stereocenters. The summed E-state index contributed by atoms with van der Waals surface area (Å²) in [5, 5.41) is 8.70. The van der Waals surface area contributed by atoms with E-state index in [4.69, 9.17) is 5.26 Å². The van der Waals surface area contributed by atoms with Crippen molar-refractivity contribution in [1.82, 2.24) is 9.62 Å². The molecule has 0 atom stereocenters. The number of sulfonamides is 1. The third-order valence-corrected chi connectivity index (χ3v) is 6.24. The molecule has 0 spiro atoms. The largest absolute Gasteiger partial charge is 0.343 e. The Bertz CT molecular complexity index is 640. The Morgan fingerprint density at radius 1 is 1.33 bits per heavy atom. The second-order valence-corrected chi connectivity index (χ2v) is 7.90. The van der Waals surface area contributed by atoms with Crippen LogP contribution in [-0.2, 0) is 14.8 Å². The van der Waals surface area contributed by atoms with Crippen LogP contribution in [0.15, 0.2) is 16.3 Å². The molecule has 0 aromatic carbocycles. The van der Waals surface area contributed by atoms with Crippen molar-refractivity contribution in [3.8, 4) is 6.07 Å². The van der Waals surface area contributed by atoms with Crippen LogP contribution in [0.1, 0.15) is 30.6 Å². The number of carbonyl (C=O) groups is 1. The highest BCUT2D eigenvalue weighted by atomic mass is 32.2. The van der Waals surface area contributed by atoms with Gasteiger partial charge in [-0.3, -0.25) is 4.79 Å². The molecule has 1 aliphatic rings. The Kier molecular flexibility index (Phi) is 5.33. The number of thiophene rings is 1. The standard InChI is InChI=1S/C13H17N3O3S2/c14-10-11-4-5-13(20-11)21(18,19)15-7-6-12(17)16-8-2-1-3-9-16/h4-5,15H,1-3,6-9H2. The molecule has 2 rings (SSSR count). The summed E-state index contributed by atoms with van der Waals surface area (Å²) in [7, 11) is -3.63. The quantitative estimate of drug-likeness (QED) is 0.882. The highest BCUT2D eigenvalue weighted by Gasteiger charge is 2.19. The highest BCUT2D eigenvalue weighted by Crippen LogP contribution is 2.20. The lowest BCUT2D eigenvalue weighted by molar-refractivity contribution is -0.131. The number of hydrogen-bond donors (Lipinski definition) is 1. The van der Waals surface area contributed by atoms with E-state index in [1.54, 1.807) is 4.90 Å². The monoisotopic (exact) mass is 327 g/mol. The zero-order valence-electron chi connectivity index (χ0n) is 11.5. The first-order valence-corrected chi connectivity index (χ1v) is 9.10. The van der Waals surface area contributed by atoms with Gasteiger partial charge in [0.2, 0.25) is 15.9 Å². The summed E-state index contributed by atoms with van der Waals surface area (Å²) in [6.07, 6.45) is 3.35. The minimum Gasteiger partial charge on any atom is -0.343 e. The Hall–Kier alpha value is -1.43. The Morgan fingerprint density at radius 2 is 2.05 bits per heavy atom. The third kappa shape index (κ3) is 4.27. The number of hydrogen-bond acceptors (Lipinski definition) is 5. The van der Waals surface area contributed by atoms with Gasteiger partial charge in [-0.05, 0) is 31.4 Å². The molecule has 1 fully saturated rings. The summed E-state index contributed by atoms with van der Waals surface area (Å²) in [5.41, 5.74) is 0. The lowest BCUT2D eigenvalue weighted by Crippen LogP contribution is -2.37. The van der Waals surface area contributed by atoms with Crippen molar-refractivity contribution >= 4 is 27.3 Å². The molecule has 2 heterocycles. The maximum Gasteiger partial charge on any atom is 0.250 e. The Labute approximate surface area is 128 Å². The first-order valence-electron chi connectivity index (χ1n) is 6.80. The molecular formula is C13H17N3O3S2. The van der Waals surface area contributed by atoms with Crippen LogP contribution in [-0.4, -0.2) is 38.9 Å². The van der Waals surface area contributed by atoms with Crippen molar-refractivity contribution in [1.29, 1.82) is 5.26 Å². The molecule has 0 saturated carbocycles. The normalized spacial score (nSPS) is 15.7. The molecule has 8 heteroatoms. The van der Waals surface area contributed by atoms with E-state index >= 15 is 0 Å². The smallest absolute Gasteiger partial charge is 0.250 e. The van der Waals surface area contributed by atoms with Gasteiger partial charge in [0.15, 0.2) is 0 Å². The number of carbonyl (C=O) groups excluding carboxylic acids is 1. The van der Waals surface area contributed by atoms with Crippen LogP contribution < -0.4 is 4.72 Å². The van der Waals surface area contributed by atoms with Crippen LogP contribution in [0.3, 0.4) is 0 Å². The Balaban J connectivity index is 1.84. The molecule has 0 radical (unpaired) electrons. The van der Waals surface area contributed by atoms with Gasteiger partial charge in [-0.2, -0.15) is 5.26 Å². The van der Waals surface area contributed by atoms with E-state index in [1.165, 1.54) is 12.1 Å². The van der Waals surface area contributed by atoms with Crippen LogP contribution in [0.2, 0.25) is 0 Å². The molecule has 6 nitrogen and oxygen atoms in total. The second kappa shape index (κ2) is 7.02. The molecule has 1 aromatic heterocycles. The van der Waals surface area contributed by atoms with Gasteiger partial charge in [0.25, 0.3) is 0 Å². The van der Waals surface area contributed by atoms with Gasteiger partial charge in [-0.25, -0.2) is 13.1 Å². The van der Waals surface area contributed by atoms with E-state index in [2.05, 4.69) is 4.72 Å². The van der Waals surface area contributed by atoms with Gasteiger partial charge >= 0.3 is 0 Å². The molecule has 1 aromatic rings. The predicted octanol–water partition coefficient (Wildman–Crippen LogP) is 1.30. The van der Waals surface area contributed by atoms with Crippen LogP contribution >= 0.6 is 11.3 Å². The summed E-state index contributed by atoms with van der Waals surface area (Å²) in [6, 6.07) is 4.77. The molecular weight excluding hydrogens is 310 g/mol. The summed E-state index contributed by atoms with van der Waals surface area (Å²) in [5.74, 6) is -0.0127. The number of likely N-dealkylation sites (tertiary alicyclic amines) is 1. The van der Waals surface area contributed by atoms with Gasteiger partial charge in [0.1, 0.15) is 15.2 Å². The molecule has 21 heavy (non-hydrogen) atoms. The summed E-state index contributed by atoms with van der Waals surface area (Å²) < 4.78 is 26.5. The number of piperidine rings is 1. The fourth-order valence-corrected chi connectivity index (χ4v) is 4.37. The number of nitrogens with one attached hydrogen (secondary N) is 1. The molecule has 1 aliphatic heterocycles. The van der Waals surface area contributed by atoms with Crippen LogP contribution in [0, 0.1) is 11.3 Å². The van der Waals surface area contributed by atoms with Crippen molar-refractivity contribution in [3.63, 3.8) is 0 Å². The van der Waals surface area contributed by atoms with Gasteiger partial charge in [0.05, 0.1) is 0 Å². The first-order chi connectivity index (χ1) is 10.0. The maximum absolute atomic E-state index is 12.0. The molecule has 114 valence electrons. The van der Waals surface area contributed by atoms with Crippen molar-refractivity contribution in [3.05, 3.63) is 17.0 Å². The van der Waals surface area contributed by atoms with Crippen molar-refractivity contribution in [2.24, 2.45) is 0 Å². The van der Waals surface area contributed by atoms with Crippen molar-refractivity contribution < 1.29 is 13.2 Å². The van der Waals surface area contributed by atoms with Gasteiger partial charge in [-0.15, -0.1) is 11.3 Å². The summed E-state index contributed by atoms with van der Waals surface area (Å²) in [4.78, 5) is 14.1. The van der Waals surface area contributed by atoms with E-state index < -0.39 is 10.0 Å². The highest BCUT2D eigenvalue weighted by molar-refractivity contribution is 7.91. The van der Waals surface area contributed by atoms with E-state index in [1.807, 2.05) is 6.07 Å². The van der Waals surface area contributed by atoms with Crippen LogP contribution in [0.4, 0.5) is 0 Å². The topological polar surface area (TPSA) is 90.3 Å².